The van der Waals surface area contributed by atoms with Gasteiger partial charge >= 0.3 is 0 Å². The summed E-state index contributed by atoms with van der Waals surface area (Å²) < 4.78 is 0. The molecule has 0 fully saturated rings. The van der Waals surface area contributed by atoms with Gasteiger partial charge in [0.25, 0.3) is 0 Å². The first-order chi connectivity index (χ1) is 6.00. The highest BCUT2D eigenvalue weighted by molar-refractivity contribution is 6.43. The van der Waals surface area contributed by atoms with E-state index in [9.17, 15) is 0 Å². The number of benzene rings is 1. The average Bonchev–Trinajstić information content (AvgIpc) is 1.99. The Labute approximate surface area is 92.8 Å². The van der Waals surface area contributed by atoms with Gasteiger partial charge in [0.2, 0.25) is 0 Å². The molecule has 0 spiro atoms. The van der Waals surface area contributed by atoms with Crippen LogP contribution in [-0.2, 0) is 6.42 Å². The van der Waals surface area contributed by atoms with Gasteiger partial charge in [-0.15, -0.1) is 0 Å². The summed E-state index contributed by atoms with van der Waals surface area (Å²) in [5.74, 6) is 0. The van der Waals surface area contributed by atoms with Gasteiger partial charge in [0.1, 0.15) is 0 Å². The molecular weight excluding hydrogens is 228 g/mol. The molecule has 0 aliphatic heterocycles. The molecule has 0 bridgehead atoms. The SMILES string of the molecule is CC(N)Cc1cc(Cl)c(Cl)cc1Cl. The highest BCUT2D eigenvalue weighted by Gasteiger charge is 2.07. The second-order valence-corrected chi connectivity index (χ2v) is 4.26. The van der Waals surface area contributed by atoms with Gasteiger partial charge in [-0.05, 0) is 31.0 Å². The van der Waals surface area contributed by atoms with E-state index in [-0.39, 0.29) is 6.04 Å². The third kappa shape index (κ3) is 3.03. The molecule has 0 aliphatic rings. The zero-order valence-corrected chi connectivity index (χ0v) is 9.42. The minimum Gasteiger partial charge on any atom is -0.328 e. The van der Waals surface area contributed by atoms with Crippen molar-refractivity contribution < 1.29 is 0 Å². The molecule has 0 saturated heterocycles. The molecule has 13 heavy (non-hydrogen) atoms. The minimum absolute atomic E-state index is 0.0646. The Bertz CT molecular complexity index is 310. The van der Waals surface area contributed by atoms with Crippen LogP contribution in [0.1, 0.15) is 12.5 Å². The Balaban J connectivity index is 3.01. The first-order valence-electron chi connectivity index (χ1n) is 3.89. The zero-order chi connectivity index (χ0) is 10.0. The molecule has 0 saturated carbocycles. The molecule has 72 valence electrons. The molecule has 1 aromatic carbocycles. The van der Waals surface area contributed by atoms with E-state index in [4.69, 9.17) is 40.5 Å². The monoisotopic (exact) mass is 237 g/mol. The first kappa shape index (κ1) is 11.1. The van der Waals surface area contributed by atoms with Crippen molar-refractivity contribution in [2.24, 2.45) is 5.73 Å². The van der Waals surface area contributed by atoms with Crippen molar-refractivity contribution in [2.75, 3.05) is 0 Å². The lowest BCUT2D eigenvalue weighted by Gasteiger charge is -2.08. The minimum atomic E-state index is 0.0646. The third-order valence-electron chi connectivity index (χ3n) is 1.63. The molecule has 1 unspecified atom stereocenters. The van der Waals surface area contributed by atoms with Gasteiger partial charge in [-0.2, -0.15) is 0 Å². The molecule has 1 nitrogen and oxygen atoms in total. The Morgan fingerprint density at radius 3 is 2.23 bits per heavy atom. The van der Waals surface area contributed by atoms with Crippen molar-refractivity contribution in [1.82, 2.24) is 0 Å². The van der Waals surface area contributed by atoms with Gasteiger partial charge in [-0.25, -0.2) is 0 Å². The fourth-order valence-electron chi connectivity index (χ4n) is 1.07. The number of nitrogens with two attached hydrogens (primary N) is 1. The van der Waals surface area contributed by atoms with E-state index in [0.29, 0.717) is 21.5 Å². The van der Waals surface area contributed by atoms with Crippen molar-refractivity contribution in [1.29, 1.82) is 0 Å². The normalized spacial score (nSPS) is 13.0. The van der Waals surface area contributed by atoms with Crippen molar-refractivity contribution in [3.63, 3.8) is 0 Å². The maximum atomic E-state index is 5.95. The summed E-state index contributed by atoms with van der Waals surface area (Å²) in [7, 11) is 0. The summed E-state index contributed by atoms with van der Waals surface area (Å²) in [5, 5.41) is 1.61. The molecule has 1 atom stereocenters. The van der Waals surface area contributed by atoms with Crippen LogP contribution in [0.15, 0.2) is 12.1 Å². The van der Waals surface area contributed by atoms with Gasteiger partial charge in [0.05, 0.1) is 10.0 Å². The lowest BCUT2D eigenvalue weighted by molar-refractivity contribution is 0.738. The Morgan fingerprint density at radius 1 is 1.15 bits per heavy atom. The van der Waals surface area contributed by atoms with E-state index in [1.165, 1.54) is 0 Å². The summed E-state index contributed by atoms with van der Waals surface area (Å²) in [4.78, 5) is 0. The standard InChI is InChI=1S/C9H10Cl3N/c1-5(13)2-6-3-8(11)9(12)4-7(6)10/h3-5H,2,13H2,1H3. The van der Waals surface area contributed by atoms with E-state index >= 15 is 0 Å². The highest BCUT2D eigenvalue weighted by Crippen LogP contribution is 2.29. The molecule has 0 aliphatic carbocycles. The van der Waals surface area contributed by atoms with Crippen LogP contribution < -0.4 is 5.73 Å². The molecular formula is C9H10Cl3N. The van der Waals surface area contributed by atoms with E-state index in [1.807, 2.05) is 6.92 Å². The lowest BCUT2D eigenvalue weighted by Crippen LogP contribution is -2.17. The van der Waals surface area contributed by atoms with Gasteiger partial charge in [0, 0.05) is 11.1 Å². The van der Waals surface area contributed by atoms with E-state index in [0.717, 1.165) is 5.56 Å². The average molecular weight is 239 g/mol. The summed E-state index contributed by atoms with van der Waals surface area (Å²) in [6, 6.07) is 3.47. The number of hydrogen-bond donors (Lipinski definition) is 1. The van der Waals surface area contributed by atoms with Gasteiger partial charge in [0.15, 0.2) is 0 Å². The molecule has 0 radical (unpaired) electrons. The second-order valence-electron chi connectivity index (χ2n) is 3.04. The van der Waals surface area contributed by atoms with Crippen LogP contribution in [0.25, 0.3) is 0 Å². The number of rotatable bonds is 2. The van der Waals surface area contributed by atoms with Crippen molar-refractivity contribution in [3.05, 3.63) is 32.8 Å². The predicted octanol–water partition coefficient (Wildman–Crippen LogP) is 3.54. The second kappa shape index (κ2) is 4.52. The lowest BCUT2D eigenvalue weighted by atomic mass is 10.1. The fourth-order valence-corrected chi connectivity index (χ4v) is 1.71. The van der Waals surface area contributed by atoms with Gasteiger partial charge in [-0.1, -0.05) is 34.8 Å². The number of halogens is 3. The highest BCUT2D eigenvalue weighted by atomic mass is 35.5. The Hall–Kier alpha value is 0.0500. The van der Waals surface area contributed by atoms with Crippen LogP contribution in [0.3, 0.4) is 0 Å². The summed E-state index contributed by atoms with van der Waals surface area (Å²) in [5.41, 5.74) is 6.58. The van der Waals surface area contributed by atoms with Crippen molar-refractivity contribution in [3.8, 4) is 0 Å². The zero-order valence-electron chi connectivity index (χ0n) is 7.15. The maximum absolute atomic E-state index is 5.95. The molecule has 1 rings (SSSR count). The molecule has 1 aromatic rings. The van der Waals surface area contributed by atoms with Crippen LogP contribution in [0.2, 0.25) is 15.1 Å². The third-order valence-corrected chi connectivity index (χ3v) is 2.71. The van der Waals surface area contributed by atoms with E-state index < -0.39 is 0 Å². The van der Waals surface area contributed by atoms with E-state index in [1.54, 1.807) is 12.1 Å². The van der Waals surface area contributed by atoms with Crippen LogP contribution in [-0.4, -0.2) is 6.04 Å². The molecule has 0 amide bonds. The van der Waals surface area contributed by atoms with Gasteiger partial charge < -0.3 is 5.73 Å². The van der Waals surface area contributed by atoms with Crippen LogP contribution >= 0.6 is 34.8 Å². The fraction of sp³-hybridized carbons (Fsp3) is 0.333. The Kier molecular flexibility index (Phi) is 3.87. The van der Waals surface area contributed by atoms with E-state index in [2.05, 4.69) is 0 Å². The van der Waals surface area contributed by atoms with Gasteiger partial charge in [-0.3, -0.25) is 0 Å². The quantitative estimate of drug-likeness (QED) is 0.784. The van der Waals surface area contributed by atoms with Crippen LogP contribution in [0, 0.1) is 0 Å². The Morgan fingerprint density at radius 2 is 1.69 bits per heavy atom. The number of hydrogen-bond acceptors (Lipinski definition) is 1. The largest absolute Gasteiger partial charge is 0.328 e. The predicted molar refractivity (Wildman–Crippen MR) is 58.8 cm³/mol. The van der Waals surface area contributed by atoms with Crippen LogP contribution in [0.4, 0.5) is 0 Å². The summed E-state index contributed by atoms with van der Waals surface area (Å²) >= 11 is 17.6. The first-order valence-corrected chi connectivity index (χ1v) is 5.03. The summed E-state index contributed by atoms with van der Waals surface area (Å²) in [6.45, 7) is 1.92. The maximum Gasteiger partial charge on any atom is 0.0607 e. The topological polar surface area (TPSA) is 26.0 Å². The van der Waals surface area contributed by atoms with Crippen molar-refractivity contribution in [2.45, 2.75) is 19.4 Å². The van der Waals surface area contributed by atoms with Crippen LogP contribution in [0.5, 0.6) is 0 Å². The molecule has 4 heteroatoms. The summed E-state index contributed by atoms with van der Waals surface area (Å²) in [6.07, 6.45) is 0.704. The smallest absolute Gasteiger partial charge is 0.0607 e. The molecule has 2 N–H and O–H groups in total. The molecule has 0 heterocycles. The van der Waals surface area contributed by atoms with Crippen molar-refractivity contribution >= 4 is 34.8 Å². The molecule has 0 aromatic heterocycles.